The van der Waals surface area contributed by atoms with E-state index in [2.05, 4.69) is 27.5 Å². The SMILES string of the molecule is NC(=O)c1nc2n(n1)CC(c1ccccc1)CN2. The molecular formula is C12H13N5O. The molecule has 1 aliphatic heterocycles. The van der Waals surface area contributed by atoms with Crippen molar-refractivity contribution in [2.75, 3.05) is 11.9 Å². The topological polar surface area (TPSA) is 85.8 Å². The fourth-order valence-corrected chi connectivity index (χ4v) is 2.14. The molecule has 0 saturated carbocycles. The maximum atomic E-state index is 11.0. The van der Waals surface area contributed by atoms with Crippen molar-refractivity contribution in [2.45, 2.75) is 12.5 Å². The Balaban J connectivity index is 1.87. The van der Waals surface area contributed by atoms with Crippen LogP contribution in [0.15, 0.2) is 30.3 Å². The van der Waals surface area contributed by atoms with Crippen LogP contribution in [0.1, 0.15) is 22.1 Å². The fourth-order valence-electron chi connectivity index (χ4n) is 2.14. The zero-order chi connectivity index (χ0) is 12.5. The standard InChI is InChI=1S/C12H13N5O/c13-10(18)11-15-12-14-6-9(7-17(12)16-11)8-4-2-1-3-5-8/h1-5,9H,6-7H2,(H2,13,18)(H,14,15,16). The highest BCUT2D eigenvalue weighted by Gasteiger charge is 2.23. The molecular weight excluding hydrogens is 230 g/mol. The van der Waals surface area contributed by atoms with Crippen LogP contribution in [-0.4, -0.2) is 27.2 Å². The number of nitrogens with one attached hydrogen (secondary N) is 1. The molecule has 92 valence electrons. The molecule has 6 nitrogen and oxygen atoms in total. The summed E-state index contributed by atoms with van der Waals surface area (Å²) in [5, 5.41) is 7.26. The molecule has 2 heterocycles. The third-order valence-corrected chi connectivity index (χ3v) is 3.06. The number of benzene rings is 1. The summed E-state index contributed by atoms with van der Waals surface area (Å²) in [6.07, 6.45) is 0. The van der Waals surface area contributed by atoms with Gasteiger partial charge in [0.1, 0.15) is 0 Å². The summed E-state index contributed by atoms with van der Waals surface area (Å²) in [6, 6.07) is 10.2. The Morgan fingerprint density at radius 1 is 1.39 bits per heavy atom. The molecule has 0 aliphatic carbocycles. The smallest absolute Gasteiger partial charge is 0.288 e. The van der Waals surface area contributed by atoms with Gasteiger partial charge in [0.05, 0.1) is 6.54 Å². The van der Waals surface area contributed by atoms with E-state index >= 15 is 0 Å². The molecule has 1 aromatic heterocycles. The van der Waals surface area contributed by atoms with Gasteiger partial charge in [0, 0.05) is 12.5 Å². The summed E-state index contributed by atoms with van der Waals surface area (Å²) in [6.45, 7) is 1.48. The van der Waals surface area contributed by atoms with Gasteiger partial charge >= 0.3 is 0 Å². The summed E-state index contributed by atoms with van der Waals surface area (Å²) >= 11 is 0. The molecule has 1 unspecified atom stereocenters. The highest BCUT2D eigenvalue weighted by molar-refractivity contribution is 5.89. The Labute approximate surface area is 104 Å². The van der Waals surface area contributed by atoms with Crippen LogP contribution in [0, 0.1) is 0 Å². The zero-order valence-electron chi connectivity index (χ0n) is 9.71. The lowest BCUT2D eigenvalue weighted by atomic mass is 9.98. The maximum Gasteiger partial charge on any atom is 0.288 e. The number of carbonyl (C=O) groups is 1. The fraction of sp³-hybridized carbons (Fsp3) is 0.250. The largest absolute Gasteiger partial charge is 0.363 e. The van der Waals surface area contributed by atoms with Gasteiger partial charge in [-0.25, -0.2) is 4.68 Å². The minimum atomic E-state index is -0.602. The van der Waals surface area contributed by atoms with Crippen molar-refractivity contribution in [3.63, 3.8) is 0 Å². The van der Waals surface area contributed by atoms with Gasteiger partial charge in [-0.3, -0.25) is 4.79 Å². The summed E-state index contributed by atoms with van der Waals surface area (Å²) in [5.74, 6) is 0.387. The van der Waals surface area contributed by atoms with Gasteiger partial charge in [0.15, 0.2) is 0 Å². The lowest BCUT2D eigenvalue weighted by Gasteiger charge is -2.23. The second kappa shape index (κ2) is 4.14. The van der Waals surface area contributed by atoms with Crippen molar-refractivity contribution in [3.05, 3.63) is 41.7 Å². The normalized spacial score (nSPS) is 17.9. The first kappa shape index (κ1) is 10.8. The van der Waals surface area contributed by atoms with Crippen molar-refractivity contribution in [1.29, 1.82) is 0 Å². The monoisotopic (exact) mass is 243 g/mol. The minimum absolute atomic E-state index is 0.0613. The number of nitrogens with zero attached hydrogens (tertiary/aromatic N) is 3. The van der Waals surface area contributed by atoms with E-state index in [1.54, 1.807) is 4.68 Å². The Morgan fingerprint density at radius 3 is 2.89 bits per heavy atom. The van der Waals surface area contributed by atoms with E-state index in [-0.39, 0.29) is 5.82 Å². The van der Waals surface area contributed by atoms with Gasteiger partial charge in [-0.05, 0) is 5.56 Å². The van der Waals surface area contributed by atoms with Crippen molar-refractivity contribution in [1.82, 2.24) is 14.8 Å². The van der Waals surface area contributed by atoms with Crippen LogP contribution in [0.2, 0.25) is 0 Å². The number of hydrogen-bond donors (Lipinski definition) is 2. The molecule has 0 bridgehead atoms. The van der Waals surface area contributed by atoms with E-state index < -0.39 is 5.91 Å². The summed E-state index contributed by atoms with van der Waals surface area (Å²) < 4.78 is 1.70. The van der Waals surface area contributed by atoms with Crippen LogP contribution < -0.4 is 11.1 Å². The van der Waals surface area contributed by atoms with Gasteiger partial charge in [-0.2, -0.15) is 4.98 Å². The van der Waals surface area contributed by atoms with Gasteiger partial charge < -0.3 is 11.1 Å². The highest BCUT2D eigenvalue weighted by atomic mass is 16.1. The van der Waals surface area contributed by atoms with Crippen LogP contribution in [-0.2, 0) is 6.54 Å². The Hall–Kier alpha value is -2.37. The number of hydrogen-bond acceptors (Lipinski definition) is 4. The third-order valence-electron chi connectivity index (χ3n) is 3.06. The van der Waals surface area contributed by atoms with E-state index in [0.717, 1.165) is 6.54 Å². The first-order valence-electron chi connectivity index (χ1n) is 5.77. The average molecular weight is 243 g/mol. The Morgan fingerprint density at radius 2 is 2.17 bits per heavy atom. The first-order chi connectivity index (χ1) is 8.74. The van der Waals surface area contributed by atoms with Gasteiger partial charge in [-0.1, -0.05) is 30.3 Å². The lowest BCUT2D eigenvalue weighted by molar-refractivity contribution is 0.0990. The molecule has 6 heteroatoms. The number of rotatable bonds is 2. The molecule has 0 spiro atoms. The van der Waals surface area contributed by atoms with E-state index in [1.165, 1.54) is 5.56 Å². The Bertz CT molecular complexity index is 577. The molecule has 18 heavy (non-hydrogen) atoms. The van der Waals surface area contributed by atoms with Crippen LogP contribution in [0.5, 0.6) is 0 Å². The third kappa shape index (κ3) is 1.81. The molecule has 1 aliphatic rings. The second-order valence-electron chi connectivity index (χ2n) is 4.29. The average Bonchev–Trinajstić information content (AvgIpc) is 2.82. The van der Waals surface area contributed by atoms with Crippen molar-refractivity contribution < 1.29 is 4.79 Å². The lowest BCUT2D eigenvalue weighted by Crippen LogP contribution is -2.26. The number of amides is 1. The first-order valence-corrected chi connectivity index (χ1v) is 5.77. The zero-order valence-corrected chi connectivity index (χ0v) is 9.71. The minimum Gasteiger partial charge on any atom is -0.363 e. The van der Waals surface area contributed by atoms with Crippen LogP contribution >= 0.6 is 0 Å². The van der Waals surface area contributed by atoms with Crippen molar-refractivity contribution in [3.8, 4) is 0 Å². The maximum absolute atomic E-state index is 11.0. The number of aromatic nitrogens is 3. The molecule has 0 fully saturated rings. The number of primary amides is 1. The van der Waals surface area contributed by atoms with Gasteiger partial charge in [-0.15, -0.1) is 5.10 Å². The summed E-state index contributed by atoms with van der Waals surface area (Å²) in [7, 11) is 0. The molecule has 1 atom stereocenters. The molecule has 0 saturated heterocycles. The number of fused-ring (bicyclic) bond motifs is 1. The molecule has 3 rings (SSSR count). The van der Waals surface area contributed by atoms with Crippen LogP contribution in [0.4, 0.5) is 5.95 Å². The number of nitrogens with two attached hydrogens (primary N) is 1. The van der Waals surface area contributed by atoms with E-state index in [9.17, 15) is 4.79 Å². The predicted molar refractivity (Wildman–Crippen MR) is 66.2 cm³/mol. The van der Waals surface area contributed by atoms with Crippen LogP contribution in [0.3, 0.4) is 0 Å². The van der Waals surface area contributed by atoms with Gasteiger partial charge in [0.2, 0.25) is 11.8 Å². The molecule has 0 radical (unpaired) electrons. The predicted octanol–water partition coefficient (Wildman–Crippen LogP) is 0.586. The van der Waals surface area contributed by atoms with E-state index in [0.29, 0.717) is 18.4 Å². The Kier molecular flexibility index (Phi) is 2.47. The van der Waals surface area contributed by atoms with E-state index in [4.69, 9.17) is 5.73 Å². The summed E-state index contributed by atoms with van der Waals surface area (Å²) in [4.78, 5) is 15.1. The summed E-state index contributed by atoms with van der Waals surface area (Å²) in [5.41, 5.74) is 6.41. The van der Waals surface area contributed by atoms with Crippen molar-refractivity contribution in [2.24, 2.45) is 5.73 Å². The molecule has 1 amide bonds. The molecule has 2 aromatic rings. The number of carbonyl (C=O) groups excluding carboxylic acids is 1. The quantitative estimate of drug-likeness (QED) is 0.808. The highest BCUT2D eigenvalue weighted by Crippen LogP contribution is 2.23. The van der Waals surface area contributed by atoms with Crippen LogP contribution in [0.25, 0.3) is 0 Å². The second-order valence-corrected chi connectivity index (χ2v) is 4.29. The molecule has 3 N–H and O–H groups in total. The van der Waals surface area contributed by atoms with E-state index in [1.807, 2.05) is 18.2 Å². The van der Waals surface area contributed by atoms with Gasteiger partial charge in [0.25, 0.3) is 5.91 Å². The molecule has 1 aromatic carbocycles. The van der Waals surface area contributed by atoms with Crippen molar-refractivity contribution >= 4 is 11.9 Å². The number of anilines is 1.